The van der Waals surface area contributed by atoms with Crippen LogP contribution in [0.15, 0.2) is 12.4 Å². The Morgan fingerprint density at radius 2 is 2.08 bits per heavy atom. The molecule has 3 fully saturated rings. The zero-order valence-corrected chi connectivity index (χ0v) is 15.5. The van der Waals surface area contributed by atoms with Crippen molar-refractivity contribution in [3.63, 3.8) is 0 Å². The molecule has 1 aliphatic heterocycles. The number of nitrogens with two attached hydrogens (primary N) is 1. The number of nitrogens with one attached hydrogen (secondary N) is 1. The Balaban J connectivity index is 1.40. The van der Waals surface area contributed by atoms with Crippen molar-refractivity contribution in [3.05, 3.63) is 18.0 Å². The highest BCUT2D eigenvalue weighted by atomic mass is 16.5. The predicted octanol–water partition coefficient (Wildman–Crippen LogP) is 1.20. The van der Waals surface area contributed by atoms with Gasteiger partial charge < -0.3 is 15.8 Å². The number of methoxy groups -OCH3 is 1. The molecule has 1 aromatic heterocycles. The van der Waals surface area contributed by atoms with E-state index in [9.17, 15) is 4.79 Å². The molecule has 2 unspecified atom stereocenters. The second-order valence-electron chi connectivity index (χ2n) is 8.29. The first-order valence-corrected chi connectivity index (χ1v) is 9.68. The van der Waals surface area contributed by atoms with Gasteiger partial charge in [0.05, 0.1) is 12.0 Å². The van der Waals surface area contributed by atoms with Gasteiger partial charge in [-0.15, -0.1) is 0 Å². The van der Waals surface area contributed by atoms with Gasteiger partial charge in [0.15, 0.2) is 0 Å². The molecule has 142 valence electrons. The molecule has 0 radical (unpaired) electrons. The van der Waals surface area contributed by atoms with Crippen LogP contribution in [0.5, 0.6) is 0 Å². The second-order valence-corrected chi connectivity index (χ2v) is 8.29. The lowest BCUT2D eigenvalue weighted by atomic mass is 9.68. The molecule has 2 atom stereocenters. The number of anilines is 1. The minimum atomic E-state index is -0.291. The molecular formula is C19H29N5O2. The first-order chi connectivity index (χ1) is 12.6. The summed E-state index contributed by atoms with van der Waals surface area (Å²) >= 11 is 0. The van der Waals surface area contributed by atoms with Gasteiger partial charge in [0.1, 0.15) is 0 Å². The number of carbonyl (C=O) groups excluding carboxylic acids is 1. The molecule has 0 spiro atoms. The molecule has 2 saturated carbocycles. The van der Waals surface area contributed by atoms with E-state index in [0.29, 0.717) is 18.5 Å². The van der Waals surface area contributed by atoms with Crippen molar-refractivity contribution in [2.24, 2.45) is 17.3 Å². The summed E-state index contributed by atoms with van der Waals surface area (Å²) < 4.78 is 5.34. The summed E-state index contributed by atoms with van der Waals surface area (Å²) in [6.07, 6.45) is 9.18. The maximum atomic E-state index is 12.9. The third kappa shape index (κ3) is 3.55. The van der Waals surface area contributed by atoms with Gasteiger partial charge in [0, 0.05) is 50.7 Å². The number of carbonyl (C=O) groups is 1. The zero-order chi connectivity index (χ0) is 18.1. The Morgan fingerprint density at radius 3 is 2.65 bits per heavy atom. The predicted molar refractivity (Wildman–Crippen MR) is 98.0 cm³/mol. The van der Waals surface area contributed by atoms with E-state index in [-0.39, 0.29) is 17.4 Å². The van der Waals surface area contributed by atoms with Crippen molar-refractivity contribution in [2.45, 2.75) is 44.7 Å². The van der Waals surface area contributed by atoms with E-state index in [1.165, 1.54) is 12.8 Å². The minimum Gasteiger partial charge on any atom is -0.384 e. The van der Waals surface area contributed by atoms with Crippen molar-refractivity contribution in [3.8, 4) is 0 Å². The number of amides is 1. The number of aromatic nitrogens is 2. The summed E-state index contributed by atoms with van der Waals surface area (Å²) in [6.45, 7) is 3.25. The third-order valence-electron chi connectivity index (χ3n) is 6.33. The SMILES string of the molecule is COCC1(C(=O)NC2CN(Cc3cnc(N)nc3)CC2C2CC2)CCC1. The average molecular weight is 359 g/mol. The van der Waals surface area contributed by atoms with Crippen molar-refractivity contribution in [1.82, 2.24) is 20.2 Å². The van der Waals surface area contributed by atoms with Crippen molar-refractivity contribution in [1.29, 1.82) is 0 Å². The normalized spacial score (nSPS) is 27.9. The summed E-state index contributed by atoms with van der Waals surface area (Å²) in [6, 6.07) is 0.235. The van der Waals surface area contributed by atoms with Gasteiger partial charge in [0.2, 0.25) is 11.9 Å². The molecule has 3 N–H and O–H groups in total. The monoisotopic (exact) mass is 359 g/mol. The Labute approximate surface area is 154 Å². The number of nitrogen functional groups attached to an aromatic ring is 1. The number of hydrogen-bond donors (Lipinski definition) is 2. The molecule has 4 rings (SSSR count). The molecule has 1 saturated heterocycles. The van der Waals surface area contributed by atoms with Crippen LogP contribution in [0.25, 0.3) is 0 Å². The van der Waals surface area contributed by atoms with Crippen molar-refractivity contribution in [2.75, 3.05) is 32.5 Å². The van der Waals surface area contributed by atoms with Gasteiger partial charge in [-0.1, -0.05) is 6.42 Å². The number of hydrogen-bond acceptors (Lipinski definition) is 6. The molecule has 1 amide bonds. The topological polar surface area (TPSA) is 93.4 Å². The Kier molecular flexibility index (Phi) is 4.84. The van der Waals surface area contributed by atoms with E-state index in [1.807, 2.05) is 0 Å². The fourth-order valence-electron chi connectivity index (χ4n) is 4.54. The number of rotatable bonds is 7. The fourth-order valence-corrected chi connectivity index (χ4v) is 4.54. The first kappa shape index (κ1) is 17.7. The highest BCUT2D eigenvalue weighted by Gasteiger charge is 2.48. The van der Waals surface area contributed by atoms with Crippen LogP contribution in [-0.2, 0) is 16.1 Å². The molecule has 7 nitrogen and oxygen atoms in total. The van der Waals surface area contributed by atoms with Crippen molar-refractivity contribution >= 4 is 11.9 Å². The van der Waals surface area contributed by atoms with E-state index in [0.717, 1.165) is 50.4 Å². The average Bonchev–Trinajstić information content (AvgIpc) is 3.36. The van der Waals surface area contributed by atoms with E-state index in [2.05, 4.69) is 20.2 Å². The summed E-state index contributed by atoms with van der Waals surface area (Å²) in [5, 5.41) is 3.39. The van der Waals surface area contributed by atoms with E-state index >= 15 is 0 Å². The molecule has 2 heterocycles. The van der Waals surface area contributed by atoms with Crippen LogP contribution < -0.4 is 11.1 Å². The van der Waals surface area contributed by atoms with E-state index in [4.69, 9.17) is 10.5 Å². The van der Waals surface area contributed by atoms with Crippen LogP contribution in [0, 0.1) is 17.3 Å². The lowest BCUT2D eigenvalue weighted by Gasteiger charge is -2.40. The van der Waals surface area contributed by atoms with Gasteiger partial charge in [-0.05, 0) is 37.5 Å². The third-order valence-corrected chi connectivity index (χ3v) is 6.33. The van der Waals surface area contributed by atoms with Gasteiger partial charge in [-0.2, -0.15) is 0 Å². The molecule has 3 aliphatic rings. The van der Waals surface area contributed by atoms with E-state index < -0.39 is 0 Å². The first-order valence-electron chi connectivity index (χ1n) is 9.68. The standard InChI is InChI=1S/C19H29N5O2/c1-26-12-19(5-2-6-19)17(25)23-16-11-24(10-15(16)14-3-4-14)9-13-7-21-18(20)22-8-13/h7-8,14-16H,2-6,9-12H2,1H3,(H,23,25)(H2,20,21,22). The van der Waals surface area contributed by atoms with Crippen LogP contribution in [0.3, 0.4) is 0 Å². The Bertz CT molecular complexity index is 642. The van der Waals surface area contributed by atoms with Gasteiger partial charge >= 0.3 is 0 Å². The molecule has 26 heavy (non-hydrogen) atoms. The van der Waals surface area contributed by atoms with Crippen LogP contribution >= 0.6 is 0 Å². The summed E-state index contributed by atoms with van der Waals surface area (Å²) in [5.74, 6) is 1.81. The Hall–Kier alpha value is -1.73. The van der Waals surface area contributed by atoms with Crippen LogP contribution in [0.4, 0.5) is 5.95 Å². The number of likely N-dealkylation sites (tertiary alicyclic amines) is 1. The smallest absolute Gasteiger partial charge is 0.228 e. The quantitative estimate of drug-likeness (QED) is 0.760. The van der Waals surface area contributed by atoms with Crippen LogP contribution in [0.2, 0.25) is 0 Å². The maximum Gasteiger partial charge on any atom is 0.228 e. The summed E-state index contributed by atoms with van der Waals surface area (Å²) in [5.41, 5.74) is 6.35. The van der Waals surface area contributed by atoms with Crippen LogP contribution in [-0.4, -0.2) is 53.6 Å². The highest BCUT2D eigenvalue weighted by Crippen LogP contribution is 2.44. The lowest BCUT2D eigenvalue weighted by Crippen LogP contribution is -2.53. The number of ether oxygens (including phenoxy) is 1. The minimum absolute atomic E-state index is 0.193. The second kappa shape index (κ2) is 7.12. The Morgan fingerprint density at radius 1 is 1.35 bits per heavy atom. The number of nitrogens with zero attached hydrogens (tertiary/aromatic N) is 3. The van der Waals surface area contributed by atoms with E-state index in [1.54, 1.807) is 19.5 Å². The largest absolute Gasteiger partial charge is 0.384 e. The summed E-state index contributed by atoms with van der Waals surface area (Å²) in [4.78, 5) is 23.5. The van der Waals surface area contributed by atoms with Gasteiger partial charge in [-0.3, -0.25) is 9.69 Å². The molecule has 1 aromatic rings. The molecule has 0 bridgehead atoms. The zero-order valence-electron chi connectivity index (χ0n) is 15.5. The van der Waals surface area contributed by atoms with Gasteiger partial charge in [0.25, 0.3) is 0 Å². The fraction of sp³-hybridized carbons (Fsp3) is 0.737. The maximum absolute atomic E-state index is 12.9. The molecule has 7 heteroatoms. The van der Waals surface area contributed by atoms with Gasteiger partial charge in [-0.25, -0.2) is 9.97 Å². The molecular weight excluding hydrogens is 330 g/mol. The lowest BCUT2D eigenvalue weighted by molar-refractivity contribution is -0.141. The van der Waals surface area contributed by atoms with Crippen LogP contribution in [0.1, 0.15) is 37.7 Å². The molecule has 2 aliphatic carbocycles. The molecule has 0 aromatic carbocycles. The van der Waals surface area contributed by atoms with Crippen molar-refractivity contribution < 1.29 is 9.53 Å². The highest BCUT2D eigenvalue weighted by molar-refractivity contribution is 5.84. The summed E-state index contributed by atoms with van der Waals surface area (Å²) in [7, 11) is 1.69.